The molecule has 0 aliphatic heterocycles. The summed E-state index contributed by atoms with van der Waals surface area (Å²) in [7, 11) is 0. The van der Waals surface area contributed by atoms with E-state index < -0.39 is 0 Å². The lowest BCUT2D eigenvalue weighted by molar-refractivity contribution is 0.441. The van der Waals surface area contributed by atoms with Crippen molar-refractivity contribution < 1.29 is 4.74 Å². The molecule has 0 saturated heterocycles. The van der Waals surface area contributed by atoms with Gasteiger partial charge in [-0.1, -0.05) is 50.1 Å². The summed E-state index contributed by atoms with van der Waals surface area (Å²) in [6, 6.07) is 6.02. The third-order valence-electron chi connectivity index (χ3n) is 2.95. The highest BCUT2D eigenvalue weighted by Crippen LogP contribution is 2.36. The molecule has 2 N–H and O–H groups in total. The van der Waals surface area contributed by atoms with Crippen LogP contribution in [0.5, 0.6) is 11.6 Å². The van der Waals surface area contributed by atoms with Gasteiger partial charge in [0.25, 0.3) is 0 Å². The Balaban J connectivity index is 2.46. The number of rotatable bonds is 2. The van der Waals surface area contributed by atoms with Gasteiger partial charge < -0.3 is 10.5 Å². The van der Waals surface area contributed by atoms with Crippen molar-refractivity contribution in [3.05, 3.63) is 40.8 Å². The van der Waals surface area contributed by atoms with E-state index in [9.17, 15) is 0 Å². The minimum atomic E-state index is -0.0487. The van der Waals surface area contributed by atoms with E-state index in [1.807, 2.05) is 12.1 Å². The molecular weight excluding hydrogens is 274 g/mol. The van der Waals surface area contributed by atoms with Crippen molar-refractivity contribution in [1.82, 2.24) is 9.97 Å². The van der Waals surface area contributed by atoms with E-state index in [4.69, 9.17) is 22.1 Å². The molecule has 0 aliphatic carbocycles. The zero-order chi connectivity index (χ0) is 14.9. The van der Waals surface area contributed by atoms with Gasteiger partial charge in [0, 0.05) is 5.56 Å². The SMILES string of the molecule is Cc1ccc(Oc2ncnc(Cl)c2N)c(C(C)(C)C)c1. The number of benzene rings is 1. The Kier molecular flexibility index (Phi) is 3.86. The monoisotopic (exact) mass is 291 g/mol. The number of anilines is 1. The molecule has 0 amide bonds. The molecule has 0 aliphatic rings. The zero-order valence-electron chi connectivity index (χ0n) is 12.1. The number of nitrogens with zero attached hydrogens (tertiary/aromatic N) is 2. The van der Waals surface area contributed by atoms with Crippen molar-refractivity contribution in [3.8, 4) is 11.6 Å². The maximum absolute atomic E-state index is 5.88. The molecule has 0 unspecified atom stereocenters. The first-order valence-electron chi connectivity index (χ1n) is 6.34. The third-order valence-corrected chi connectivity index (χ3v) is 3.25. The quantitative estimate of drug-likeness (QED) is 0.846. The van der Waals surface area contributed by atoms with E-state index in [1.54, 1.807) is 0 Å². The zero-order valence-corrected chi connectivity index (χ0v) is 12.8. The van der Waals surface area contributed by atoms with Crippen LogP contribution in [-0.2, 0) is 5.41 Å². The summed E-state index contributed by atoms with van der Waals surface area (Å²) in [5.41, 5.74) is 8.30. The maximum Gasteiger partial charge on any atom is 0.247 e. The smallest absolute Gasteiger partial charge is 0.247 e. The molecule has 0 saturated carbocycles. The lowest BCUT2D eigenvalue weighted by atomic mass is 9.85. The lowest BCUT2D eigenvalue weighted by Crippen LogP contribution is -2.13. The minimum Gasteiger partial charge on any atom is -0.437 e. The van der Waals surface area contributed by atoms with Crippen molar-refractivity contribution in [2.24, 2.45) is 0 Å². The molecule has 0 atom stereocenters. The normalized spacial score (nSPS) is 11.4. The molecule has 0 radical (unpaired) electrons. The Bertz CT molecular complexity index is 636. The minimum absolute atomic E-state index is 0.0487. The number of aromatic nitrogens is 2. The van der Waals surface area contributed by atoms with Gasteiger partial charge in [0.15, 0.2) is 5.15 Å². The number of aryl methyl sites for hydroxylation is 1. The van der Waals surface area contributed by atoms with Crippen molar-refractivity contribution in [3.63, 3.8) is 0 Å². The van der Waals surface area contributed by atoms with E-state index in [0.29, 0.717) is 0 Å². The molecule has 1 aromatic heterocycles. The van der Waals surface area contributed by atoms with Crippen LogP contribution >= 0.6 is 11.6 Å². The van der Waals surface area contributed by atoms with Gasteiger partial charge in [0.05, 0.1) is 0 Å². The van der Waals surface area contributed by atoms with Gasteiger partial charge in [-0.25, -0.2) is 4.98 Å². The van der Waals surface area contributed by atoms with Crippen LogP contribution in [0, 0.1) is 6.92 Å². The summed E-state index contributed by atoms with van der Waals surface area (Å²) in [6.45, 7) is 8.44. The van der Waals surface area contributed by atoms with Gasteiger partial charge in [-0.15, -0.1) is 0 Å². The van der Waals surface area contributed by atoms with E-state index >= 15 is 0 Å². The van der Waals surface area contributed by atoms with Crippen molar-refractivity contribution >= 4 is 17.3 Å². The van der Waals surface area contributed by atoms with Crippen LogP contribution in [0.25, 0.3) is 0 Å². The van der Waals surface area contributed by atoms with E-state index in [0.717, 1.165) is 11.3 Å². The average molecular weight is 292 g/mol. The molecule has 2 aromatic rings. The predicted molar refractivity (Wildman–Crippen MR) is 81.4 cm³/mol. The molecule has 106 valence electrons. The molecule has 0 fully saturated rings. The first-order valence-corrected chi connectivity index (χ1v) is 6.72. The second-order valence-electron chi connectivity index (χ2n) is 5.73. The molecule has 4 nitrogen and oxygen atoms in total. The van der Waals surface area contributed by atoms with Gasteiger partial charge in [-0.3, -0.25) is 0 Å². The van der Waals surface area contributed by atoms with Crippen molar-refractivity contribution in [1.29, 1.82) is 0 Å². The molecule has 1 heterocycles. The Morgan fingerprint density at radius 1 is 1.20 bits per heavy atom. The molecular formula is C15H18ClN3O. The highest BCUT2D eigenvalue weighted by atomic mass is 35.5. The number of hydrogen-bond acceptors (Lipinski definition) is 4. The lowest BCUT2D eigenvalue weighted by Gasteiger charge is -2.23. The standard InChI is InChI=1S/C15H18ClN3O/c1-9-5-6-11(10(7-9)15(2,3)4)20-14-12(17)13(16)18-8-19-14/h5-8H,17H2,1-4H3. The summed E-state index contributed by atoms with van der Waals surface area (Å²) in [6.07, 6.45) is 1.33. The second kappa shape index (κ2) is 5.29. The first-order chi connectivity index (χ1) is 9.29. The van der Waals surface area contributed by atoms with Crippen LogP contribution in [0.15, 0.2) is 24.5 Å². The van der Waals surface area contributed by atoms with Crippen LogP contribution < -0.4 is 10.5 Å². The predicted octanol–water partition coefficient (Wildman–Crippen LogP) is 4.11. The van der Waals surface area contributed by atoms with Gasteiger partial charge in [0.2, 0.25) is 5.88 Å². The fraction of sp³-hybridized carbons (Fsp3) is 0.333. The van der Waals surface area contributed by atoms with Gasteiger partial charge in [-0.05, 0) is 18.4 Å². The molecule has 2 rings (SSSR count). The van der Waals surface area contributed by atoms with Gasteiger partial charge in [-0.2, -0.15) is 4.98 Å². The third kappa shape index (κ3) is 3.02. The number of nitrogen functional groups attached to an aromatic ring is 1. The van der Waals surface area contributed by atoms with Crippen molar-refractivity contribution in [2.75, 3.05) is 5.73 Å². The van der Waals surface area contributed by atoms with Crippen LogP contribution in [0.1, 0.15) is 31.9 Å². The first kappa shape index (κ1) is 14.6. The Hall–Kier alpha value is -1.81. The summed E-state index contributed by atoms with van der Waals surface area (Å²) < 4.78 is 5.84. The summed E-state index contributed by atoms with van der Waals surface area (Å²) in [4.78, 5) is 7.85. The van der Waals surface area contributed by atoms with Gasteiger partial charge >= 0.3 is 0 Å². The average Bonchev–Trinajstić information content (AvgIpc) is 2.36. The highest BCUT2D eigenvalue weighted by molar-refractivity contribution is 6.32. The van der Waals surface area contributed by atoms with E-state index in [-0.39, 0.29) is 22.1 Å². The topological polar surface area (TPSA) is 61.0 Å². The summed E-state index contributed by atoms with van der Waals surface area (Å²) in [5.74, 6) is 1.00. The molecule has 20 heavy (non-hydrogen) atoms. The Labute approximate surface area is 124 Å². The summed E-state index contributed by atoms with van der Waals surface area (Å²) >= 11 is 5.88. The van der Waals surface area contributed by atoms with Crippen molar-refractivity contribution in [2.45, 2.75) is 33.1 Å². The Morgan fingerprint density at radius 3 is 2.55 bits per heavy atom. The van der Waals surface area contributed by atoms with Crippen LogP contribution in [0.3, 0.4) is 0 Å². The molecule has 5 heteroatoms. The molecule has 0 bridgehead atoms. The maximum atomic E-state index is 5.88. The van der Waals surface area contributed by atoms with E-state index in [2.05, 4.69) is 43.7 Å². The molecule has 1 aromatic carbocycles. The Morgan fingerprint density at radius 2 is 1.90 bits per heavy atom. The van der Waals surface area contributed by atoms with Gasteiger partial charge in [0.1, 0.15) is 17.8 Å². The van der Waals surface area contributed by atoms with Crippen LogP contribution in [0.2, 0.25) is 5.15 Å². The summed E-state index contributed by atoms with van der Waals surface area (Å²) in [5, 5.41) is 0.194. The number of halogens is 1. The fourth-order valence-electron chi connectivity index (χ4n) is 1.86. The largest absolute Gasteiger partial charge is 0.437 e. The van der Waals surface area contributed by atoms with E-state index in [1.165, 1.54) is 11.9 Å². The molecule has 0 spiro atoms. The highest BCUT2D eigenvalue weighted by Gasteiger charge is 2.20. The number of ether oxygens (including phenoxy) is 1. The van der Waals surface area contributed by atoms with Crippen LogP contribution in [-0.4, -0.2) is 9.97 Å². The van der Waals surface area contributed by atoms with Crippen LogP contribution in [0.4, 0.5) is 5.69 Å². The number of hydrogen-bond donors (Lipinski definition) is 1. The number of nitrogens with two attached hydrogens (primary N) is 1. The fourth-order valence-corrected chi connectivity index (χ4v) is 1.99. The second-order valence-corrected chi connectivity index (χ2v) is 6.09.